The third-order valence-electron chi connectivity index (χ3n) is 3.56. The zero-order chi connectivity index (χ0) is 13.3. The van der Waals surface area contributed by atoms with Gasteiger partial charge in [0.1, 0.15) is 11.2 Å². The molecule has 2 rings (SSSR count). The number of likely N-dealkylation sites (tertiary alicyclic amines) is 1. The second-order valence-electron chi connectivity index (χ2n) is 4.50. The Morgan fingerprint density at radius 3 is 2.83 bits per heavy atom. The van der Waals surface area contributed by atoms with Crippen molar-refractivity contribution >= 4 is 23.2 Å². The standard InChI is InChI=1S/C12H16N2O3S/c1-3-12(11(16)17)5-4-6-14(12)10(15)9-7-18-8(2)13-9/h7H,3-6H2,1-2H3,(H,16,17). The van der Waals surface area contributed by atoms with Crippen LogP contribution in [0.25, 0.3) is 0 Å². The first-order valence-electron chi connectivity index (χ1n) is 5.99. The molecule has 5 nitrogen and oxygen atoms in total. The average molecular weight is 268 g/mol. The zero-order valence-corrected chi connectivity index (χ0v) is 11.3. The molecule has 2 heterocycles. The topological polar surface area (TPSA) is 70.5 Å². The molecule has 0 bridgehead atoms. The molecule has 1 unspecified atom stereocenters. The van der Waals surface area contributed by atoms with Gasteiger partial charge in [-0.3, -0.25) is 4.79 Å². The van der Waals surface area contributed by atoms with Crippen LogP contribution < -0.4 is 0 Å². The van der Waals surface area contributed by atoms with Gasteiger partial charge in [0.05, 0.1) is 5.01 Å². The number of carbonyl (C=O) groups is 2. The average Bonchev–Trinajstić information content (AvgIpc) is 2.94. The summed E-state index contributed by atoms with van der Waals surface area (Å²) in [5.41, 5.74) is -0.687. The largest absolute Gasteiger partial charge is 0.479 e. The van der Waals surface area contributed by atoms with Crippen LogP contribution in [-0.4, -0.2) is 39.0 Å². The number of hydrogen-bond acceptors (Lipinski definition) is 4. The van der Waals surface area contributed by atoms with Gasteiger partial charge in [-0.15, -0.1) is 11.3 Å². The molecule has 1 atom stereocenters. The van der Waals surface area contributed by atoms with Gasteiger partial charge in [-0.25, -0.2) is 9.78 Å². The number of amides is 1. The molecule has 1 fully saturated rings. The zero-order valence-electron chi connectivity index (χ0n) is 10.5. The molecule has 18 heavy (non-hydrogen) atoms. The Labute approximate surface area is 109 Å². The van der Waals surface area contributed by atoms with Crippen molar-refractivity contribution in [3.8, 4) is 0 Å². The van der Waals surface area contributed by atoms with Crippen molar-refractivity contribution in [1.82, 2.24) is 9.88 Å². The normalized spacial score (nSPS) is 23.3. The van der Waals surface area contributed by atoms with Crippen LogP contribution in [0, 0.1) is 6.92 Å². The molecule has 0 radical (unpaired) electrons. The first-order chi connectivity index (χ1) is 8.51. The third kappa shape index (κ3) is 1.90. The highest BCUT2D eigenvalue weighted by Gasteiger charge is 2.49. The van der Waals surface area contributed by atoms with Crippen LogP contribution >= 0.6 is 11.3 Å². The van der Waals surface area contributed by atoms with Crippen molar-refractivity contribution in [3.05, 3.63) is 16.1 Å². The van der Waals surface area contributed by atoms with Gasteiger partial charge < -0.3 is 10.0 Å². The number of carbonyl (C=O) groups excluding carboxylic acids is 1. The lowest BCUT2D eigenvalue weighted by molar-refractivity contribution is -0.148. The summed E-state index contributed by atoms with van der Waals surface area (Å²) in [7, 11) is 0. The Balaban J connectivity index is 2.32. The summed E-state index contributed by atoms with van der Waals surface area (Å²) in [5.74, 6) is -1.18. The van der Waals surface area contributed by atoms with E-state index in [1.54, 1.807) is 5.38 Å². The van der Waals surface area contributed by atoms with Gasteiger partial charge >= 0.3 is 5.97 Å². The van der Waals surface area contributed by atoms with Crippen molar-refractivity contribution in [2.45, 2.75) is 38.6 Å². The minimum absolute atomic E-state index is 0.263. The maximum Gasteiger partial charge on any atom is 0.329 e. The second-order valence-corrected chi connectivity index (χ2v) is 5.56. The highest BCUT2D eigenvalue weighted by molar-refractivity contribution is 7.09. The predicted octanol–water partition coefficient (Wildman–Crippen LogP) is 1.92. The fourth-order valence-corrected chi connectivity index (χ4v) is 3.10. The molecule has 1 aromatic heterocycles. The van der Waals surface area contributed by atoms with Crippen molar-refractivity contribution < 1.29 is 14.7 Å². The van der Waals surface area contributed by atoms with Gasteiger partial charge in [-0.1, -0.05) is 6.92 Å². The summed E-state index contributed by atoms with van der Waals surface area (Å²) in [6.45, 7) is 4.14. The van der Waals surface area contributed by atoms with Crippen molar-refractivity contribution in [1.29, 1.82) is 0 Å². The molecule has 6 heteroatoms. The van der Waals surface area contributed by atoms with Crippen molar-refractivity contribution in [2.75, 3.05) is 6.54 Å². The van der Waals surface area contributed by atoms with E-state index in [2.05, 4.69) is 4.98 Å². The van der Waals surface area contributed by atoms with Crippen LogP contribution in [0.5, 0.6) is 0 Å². The van der Waals surface area contributed by atoms with Crippen LogP contribution in [0.3, 0.4) is 0 Å². The lowest BCUT2D eigenvalue weighted by atomic mass is 9.93. The van der Waals surface area contributed by atoms with E-state index in [1.165, 1.54) is 16.2 Å². The number of nitrogens with zero attached hydrogens (tertiary/aromatic N) is 2. The maximum absolute atomic E-state index is 12.3. The molecule has 0 saturated carbocycles. The Morgan fingerprint density at radius 1 is 1.61 bits per heavy atom. The first kappa shape index (κ1) is 13.0. The number of rotatable bonds is 3. The number of carboxylic acid groups (broad SMARTS) is 1. The Hall–Kier alpha value is -1.43. The van der Waals surface area contributed by atoms with E-state index in [9.17, 15) is 14.7 Å². The minimum atomic E-state index is -1.05. The third-order valence-corrected chi connectivity index (χ3v) is 4.33. The van der Waals surface area contributed by atoms with E-state index in [-0.39, 0.29) is 5.91 Å². The monoisotopic (exact) mass is 268 g/mol. The quantitative estimate of drug-likeness (QED) is 0.909. The van der Waals surface area contributed by atoms with Gasteiger partial charge in [-0.05, 0) is 26.2 Å². The maximum atomic E-state index is 12.3. The van der Waals surface area contributed by atoms with Gasteiger partial charge in [0.15, 0.2) is 0 Å². The molecule has 1 saturated heterocycles. The number of thiazole rings is 1. The van der Waals surface area contributed by atoms with Crippen LogP contribution in [0.1, 0.15) is 41.7 Å². The van der Waals surface area contributed by atoms with Gasteiger partial charge in [0.25, 0.3) is 5.91 Å². The van der Waals surface area contributed by atoms with Gasteiger partial charge in [-0.2, -0.15) is 0 Å². The Morgan fingerprint density at radius 2 is 2.33 bits per heavy atom. The molecule has 0 aromatic carbocycles. The molecule has 1 aromatic rings. The number of hydrogen-bond donors (Lipinski definition) is 1. The van der Waals surface area contributed by atoms with Gasteiger partial charge in [0, 0.05) is 11.9 Å². The lowest BCUT2D eigenvalue weighted by Gasteiger charge is -2.33. The smallest absolute Gasteiger partial charge is 0.329 e. The highest BCUT2D eigenvalue weighted by atomic mass is 32.1. The van der Waals surface area contributed by atoms with E-state index >= 15 is 0 Å². The summed E-state index contributed by atoms with van der Waals surface area (Å²) < 4.78 is 0. The minimum Gasteiger partial charge on any atom is -0.479 e. The summed E-state index contributed by atoms with van der Waals surface area (Å²) in [6, 6.07) is 0. The molecule has 1 amide bonds. The SMILES string of the molecule is CCC1(C(=O)O)CCCN1C(=O)c1csc(C)n1. The second kappa shape index (κ2) is 4.68. The molecule has 0 spiro atoms. The fraction of sp³-hybridized carbons (Fsp3) is 0.583. The van der Waals surface area contributed by atoms with E-state index in [1.807, 2.05) is 13.8 Å². The first-order valence-corrected chi connectivity index (χ1v) is 6.86. The molecule has 1 aliphatic heterocycles. The Bertz CT molecular complexity index is 485. The molecule has 0 aliphatic carbocycles. The van der Waals surface area contributed by atoms with E-state index in [0.717, 1.165) is 11.4 Å². The molecule has 98 valence electrons. The number of aryl methyl sites for hydroxylation is 1. The Kier molecular flexibility index (Phi) is 3.38. The number of aromatic nitrogens is 1. The van der Waals surface area contributed by atoms with E-state index < -0.39 is 11.5 Å². The number of aliphatic carboxylic acids is 1. The summed E-state index contributed by atoms with van der Waals surface area (Å²) >= 11 is 1.40. The molecular formula is C12H16N2O3S. The van der Waals surface area contributed by atoms with E-state index in [0.29, 0.717) is 25.1 Å². The molecular weight excluding hydrogens is 252 g/mol. The predicted molar refractivity (Wildman–Crippen MR) is 67.8 cm³/mol. The van der Waals surface area contributed by atoms with Crippen LogP contribution in [0.15, 0.2) is 5.38 Å². The summed E-state index contributed by atoms with van der Waals surface area (Å²) in [4.78, 5) is 29.5. The fourth-order valence-electron chi connectivity index (χ4n) is 2.52. The van der Waals surface area contributed by atoms with Crippen molar-refractivity contribution in [2.24, 2.45) is 0 Å². The lowest BCUT2D eigenvalue weighted by Crippen LogP contribution is -2.52. The van der Waals surface area contributed by atoms with Gasteiger partial charge in [0.2, 0.25) is 0 Å². The molecule has 1 aliphatic rings. The molecule has 1 N–H and O–H groups in total. The van der Waals surface area contributed by atoms with Crippen LogP contribution in [-0.2, 0) is 4.79 Å². The highest BCUT2D eigenvalue weighted by Crippen LogP contribution is 2.34. The number of carboxylic acids is 1. The van der Waals surface area contributed by atoms with Crippen LogP contribution in [0.4, 0.5) is 0 Å². The summed E-state index contributed by atoms with van der Waals surface area (Å²) in [6.07, 6.45) is 1.68. The summed E-state index contributed by atoms with van der Waals surface area (Å²) in [5, 5.41) is 11.9. The van der Waals surface area contributed by atoms with E-state index in [4.69, 9.17) is 0 Å². The van der Waals surface area contributed by atoms with Crippen molar-refractivity contribution in [3.63, 3.8) is 0 Å². The van der Waals surface area contributed by atoms with Crippen LogP contribution in [0.2, 0.25) is 0 Å².